The Kier molecular flexibility index (Phi) is 1.35. The van der Waals surface area contributed by atoms with E-state index in [0.717, 1.165) is 6.42 Å². The molecule has 12 heavy (non-hydrogen) atoms. The maximum Gasteiger partial charge on any atom is 0.242 e. The first-order valence-corrected chi connectivity index (χ1v) is 4.53. The highest BCUT2D eigenvalue weighted by molar-refractivity contribution is 5.90. The van der Waals surface area contributed by atoms with Crippen molar-refractivity contribution in [3.05, 3.63) is 0 Å². The highest BCUT2D eigenvalue weighted by atomic mass is 16.2. The number of nitrogens with two attached hydrogens (primary N) is 1. The third-order valence-electron chi connectivity index (χ3n) is 3.59. The van der Waals surface area contributed by atoms with Crippen LogP contribution < -0.4 is 5.73 Å². The Morgan fingerprint density at radius 3 is 2.67 bits per heavy atom. The van der Waals surface area contributed by atoms with Gasteiger partial charge in [0.05, 0.1) is 6.04 Å². The largest absolute Gasteiger partial charge is 0.333 e. The summed E-state index contributed by atoms with van der Waals surface area (Å²) in [6.45, 7) is 6.52. The molecule has 0 aromatic heterocycles. The topological polar surface area (TPSA) is 46.3 Å². The van der Waals surface area contributed by atoms with Crippen LogP contribution in [0.15, 0.2) is 0 Å². The van der Waals surface area contributed by atoms with Gasteiger partial charge in [-0.05, 0) is 18.8 Å². The predicted octanol–water partition coefficient (Wildman–Crippen LogP) is 0.343. The molecule has 3 atom stereocenters. The van der Waals surface area contributed by atoms with E-state index in [1.807, 2.05) is 4.90 Å². The number of carbonyl (C=O) groups is 1. The maximum atomic E-state index is 11.3. The van der Waals surface area contributed by atoms with Crippen molar-refractivity contribution >= 4 is 5.91 Å². The second-order valence-corrected chi connectivity index (χ2v) is 4.71. The molecule has 3 nitrogen and oxygen atoms in total. The van der Waals surface area contributed by atoms with E-state index in [-0.39, 0.29) is 17.4 Å². The van der Waals surface area contributed by atoms with Crippen LogP contribution >= 0.6 is 0 Å². The van der Waals surface area contributed by atoms with Crippen LogP contribution in [0.1, 0.15) is 27.2 Å². The summed E-state index contributed by atoms with van der Waals surface area (Å²) < 4.78 is 0. The molecule has 2 rings (SSSR count). The molecule has 3 unspecified atom stereocenters. The molecule has 1 amide bonds. The van der Waals surface area contributed by atoms with Crippen LogP contribution in [0.4, 0.5) is 0 Å². The Bertz CT molecular complexity index is 237. The van der Waals surface area contributed by atoms with Gasteiger partial charge in [0.25, 0.3) is 0 Å². The number of hydrogen-bond acceptors (Lipinski definition) is 2. The van der Waals surface area contributed by atoms with Crippen LogP contribution in [0, 0.1) is 5.41 Å². The van der Waals surface area contributed by atoms with Crippen molar-refractivity contribution in [3.63, 3.8) is 0 Å². The third-order valence-corrected chi connectivity index (χ3v) is 3.59. The number of hydrogen-bond donors (Lipinski definition) is 1. The molecule has 2 heterocycles. The lowest BCUT2D eigenvalue weighted by atomic mass is 9.84. The molecule has 3 heteroatoms. The zero-order valence-corrected chi connectivity index (χ0v) is 7.87. The summed E-state index contributed by atoms with van der Waals surface area (Å²) in [5.41, 5.74) is 5.94. The molecule has 0 spiro atoms. The van der Waals surface area contributed by atoms with Gasteiger partial charge in [0.15, 0.2) is 0 Å². The van der Waals surface area contributed by atoms with Crippen LogP contribution in [0.25, 0.3) is 0 Å². The van der Waals surface area contributed by atoms with E-state index in [0.29, 0.717) is 12.1 Å². The van der Waals surface area contributed by atoms with Gasteiger partial charge < -0.3 is 10.6 Å². The minimum absolute atomic E-state index is 0.137. The Morgan fingerprint density at radius 1 is 1.58 bits per heavy atom. The van der Waals surface area contributed by atoms with Crippen molar-refractivity contribution in [1.29, 1.82) is 0 Å². The van der Waals surface area contributed by atoms with E-state index in [2.05, 4.69) is 20.8 Å². The van der Waals surface area contributed by atoms with Gasteiger partial charge in [-0.15, -0.1) is 0 Å². The number of β-lactam (4-membered cyclic amide) rings is 1. The zero-order chi connectivity index (χ0) is 9.09. The number of rotatable bonds is 0. The van der Waals surface area contributed by atoms with Gasteiger partial charge in [0.1, 0.15) is 6.04 Å². The monoisotopic (exact) mass is 168 g/mol. The number of amides is 1. The summed E-state index contributed by atoms with van der Waals surface area (Å²) in [6, 6.07) is 0.464. The first kappa shape index (κ1) is 8.05. The third kappa shape index (κ3) is 0.724. The molecule has 0 aromatic carbocycles. The highest BCUT2D eigenvalue weighted by Gasteiger charge is 2.57. The second kappa shape index (κ2) is 2.02. The van der Waals surface area contributed by atoms with Gasteiger partial charge in [-0.3, -0.25) is 4.79 Å². The number of fused-ring (bicyclic) bond motifs is 1. The normalized spacial score (nSPS) is 44.2. The van der Waals surface area contributed by atoms with Gasteiger partial charge in [-0.2, -0.15) is 0 Å². The van der Waals surface area contributed by atoms with Crippen molar-refractivity contribution in [2.24, 2.45) is 11.1 Å². The number of nitrogens with zero attached hydrogens (tertiary/aromatic N) is 1. The van der Waals surface area contributed by atoms with Crippen LogP contribution in [0.2, 0.25) is 0 Å². The quantitative estimate of drug-likeness (QED) is 0.530. The first-order valence-electron chi connectivity index (χ1n) is 4.53. The molecule has 0 radical (unpaired) electrons. The van der Waals surface area contributed by atoms with Gasteiger partial charge in [-0.25, -0.2) is 0 Å². The summed E-state index contributed by atoms with van der Waals surface area (Å²) in [5, 5.41) is 0. The molecule has 0 bridgehead atoms. The minimum Gasteiger partial charge on any atom is -0.333 e. The molecule has 2 aliphatic rings. The Morgan fingerprint density at radius 2 is 2.17 bits per heavy atom. The van der Waals surface area contributed by atoms with Crippen molar-refractivity contribution in [2.45, 2.75) is 45.3 Å². The van der Waals surface area contributed by atoms with Gasteiger partial charge in [0, 0.05) is 6.04 Å². The van der Waals surface area contributed by atoms with Crippen molar-refractivity contribution < 1.29 is 4.79 Å². The molecular weight excluding hydrogens is 152 g/mol. The molecule has 2 N–H and O–H groups in total. The minimum atomic E-state index is -0.214. The fourth-order valence-corrected chi connectivity index (χ4v) is 2.38. The van der Waals surface area contributed by atoms with Gasteiger partial charge >= 0.3 is 0 Å². The van der Waals surface area contributed by atoms with Crippen molar-refractivity contribution in [2.75, 3.05) is 0 Å². The molecule has 0 aliphatic carbocycles. The van der Waals surface area contributed by atoms with Crippen LogP contribution in [0.3, 0.4) is 0 Å². The number of carbonyl (C=O) groups excluding carboxylic acids is 1. The van der Waals surface area contributed by atoms with E-state index in [1.165, 1.54) is 0 Å². The van der Waals surface area contributed by atoms with E-state index in [9.17, 15) is 4.79 Å². The zero-order valence-electron chi connectivity index (χ0n) is 7.87. The fraction of sp³-hybridized carbons (Fsp3) is 0.889. The molecule has 0 aromatic rings. The second-order valence-electron chi connectivity index (χ2n) is 4.71. The summed E-state index contributed by atoms with van der Waals surface area (Å²) >= 11 is 0. The predicted molar refractivity (Wildman–Crippen MR) is 46.5 cm³/mol. The van der Waals surface area contributed by atoms with Gasteiger partial charge in [0.2, 0.25) is 5.91 Å². The molecule has 2 saturated heterocycles. The highest BCUT2D eigenvalue weighted by Crippen LogP contribution is 2.45. The van der Waals surface area contributed by atoms with Crippen LogP contribution in [-0.2, 0) is 4.79 Å². The summed E-state index contributed by atoms with van der Waals surface area (Å²) in [4.78, 5) is 13.3. The fourth-order valence-electron chi connectivity index (χ4n) is 2.38. The Labute approximate surface area is 72.9 Å². The Balaban J connectivity index is 2.24. The lowest BCUT2D eigenvalue weighted by molar-refractivity contribution is -0.148. The maximum absolute atomic E-state index is 11.3. The van der Waals surface area contributed by atoms with E-state index < -0.39 is 0 Å². The molecular formula is C9H16N2O. The van der Waals surface area contributed by atoms with Crippen LogP contribution in [-0.4, -0.2) is 28.9 Å². The van der Waals surface area contributed by atoms with Crippen LogP contribution in [0.5, 0.6) is 0 Å². The average Bonchev–Trinajstić information content (AvgIpc) is 2.21. The summed E-state index contributed by atoms with van der Waals surface area (Å²) in [5.74, 6) is 0.137. The standard InChI is InChI=1S/C9H16N2O/c1-5-9(2,3)4-6-7(10)8(12)11(5)6/h5-7H,4,10H2,1-3H3. The molecule has 68 valence electrons. The lowest BCUT2D eigenvalue weighted by Gasteiger charge is -2.43. The van der Waals surface area contributed by atoms with Gasteiger partial charge in [-0.1, -0.05) is 13.8 Å². The Hall–Kier alpha value is -0.570. The SMILES string of the molecule is CC1N2C(=O)C(N)C2CC1(C)C. The first-order chi connectivity index (χ1) is 5.45. The molecule has 2 fully saturated rings. The van der Waals surface area contributed by atoms with E-state index in [4.69, 9.17) is 5.73 Å². The van der Waals surface area contributed by atoms with Crippen molar-refractivity contribution in [3.8, 4) is 0 Å². The molecule has 0 saturated carbocycles. The smallest absolute Gasteiger partial charge is 0.242 e. The van der Waals surface area contributed by atoms with E-state index in [1.54, 1.807) is 0 Å². The molecule has 2 aliphatic heterocycles. The summed E-state index contributed by atoms with van der Waals surface area (Å²) in [7, 11) is 0. The lowest BCUT2D eigenvalue weighted by Crippen LogP contribution is -2.67. The summed E-state index contributed by atoms with van der Waals surface area (Å²) in [6.07, 6.45) is 1.06. The van der Waals surface area contributed by atoms with Crippen molar-refractivity contribution in [1.82, 2.24) is 4.90 Å². The average molecular weight is 168 g/mol. The van der Waals surface area contributed by atoms with E-state index >= 15 is 0 Å².